The van der Waals surface area contributed by atoms with Crippen LogP contribution in [0, 0.1) is 49.4 Å². The lowest BCUT2D eigenvalue weighted by Gasteiger charge is -2.57. The first-order valence-corrected chi connectivity index (χ1v) is 16.9. The standard InChI is InChI=1S/C39H46N2/c1-25-11-33(24-40-36-7-3-34(4-8-36)38-18-27-12-28(19-38)14-29(13-27)20-38)26(2)41(25)37-9-5-35(6-10-37)39-21-30-15-31(22-39)17-32(16-30)23-39/h3-11,24,27-32H,12-23H2,1-2H3. The van der Waals surface area contributed by atoms with E-state index in [1.165, 1.54) is 99.7 Å². The first-order chi connectivity index (χ1) is 19.9. The van der Waals surface area contributed by atoms with Crippen LogP contribution in [-0.4, -0.2) is 10.8 Å². The first-order valence-electron chi connectivity index (χ1n) is 16.9. The molecule has 41 heavy (non-hydrogen) atoms. The Morgan fingerprint density at radius 2 is 1.02 bits per heavy atom. The molecule has 8 saturated carbocycles. The van der Waals surface area contributed by atoms with Crippen LogP contribution < -0.4 is 0 Å². The summed E-state index contributed by atoms with van der Waals surface area (Å²) in [5, 5.41) is 0. The van der Waals surface area contributed by atoms with Crippen molar-refractivity contribution in [2.24, 2.45) is 40.5 Å². The van der Waals surface area contributed by atoms with E-state index in [2.05, 4.69) is 79.2 Å². The van der Waals surface area contributed by atoms with Crippen molar-refractivity contribution in [3.05, 3.63) is 82.7 Å². The fourth-order valence-corrected chi connectivity index (χ4v) is 12.3. The van der Waals surface area contributed by atoms with E-state index in [0.29, 0.717) is 10.8 Å². The lowest BCUT2D eigenvalue weighted by atomic mass is 9.48. The van der Waals surface area contributed by atoms with E-state index < -0.39 is 0 Å². The molecule has 0 saturated heterocycles. The molecular weight excluding hydrogens is 496 g/mol. The molecule has 0 N–H and O–H groups in total. The van der Waals surface area contributed by atoms with E-state index in [-0.39, 0.29) is 0 Å². The molecule has 8 bridgehead atoms. The van der Waals surface area contributed by atoms with Gasteiger partial charge in [-0.25, -0.2) is 0 Å². The molecular formula is C39H46N2. The lowest BCUT2D eigenvalue weighted by Crippen LogP contribution is -2.48. The van der Waals surface area contributed by atoms with E-state index in [0.717, 1.165) is 41.2 Å². The van der Waals surface area contributed by atoms with E-state index in [1.54, 1.807) is 11.1 Å². The maximum atomic E-state index is 4.95. The van der Waals surface area contributed by atoms with E-state index in [9.17, 15) is 0 Å². The van der Waals surface area contributed by atoms with Crippen molar-refractivity contribution in [1.82, 2.24) is 4.57 Å². The number of nitrogens with zero attached hydrogens (tertiary/aromatic N) is 2. The van der Waals surface area contributed by atoms with Crippen LogP contribution >= 0.6 is 0 Å². The van der Waals surface area contributed by atoms with Gasteiger partial charge in [-0.3, -0.25) is 4.99 Å². The molecule has 0 atom stereocenters. The molecule has 0 aliphatic heterocycles. The van der Waals surface area contributed by atoms with Crippen LogP contribution in [0.5, 0.6) is 0 Å². The SMILES string of the molecule is Cc1cc(C=Nc2ccc(C34CC5CC(CC(C5)C3)C4)cc2)c(C)n1-c1ccc(C23CC4CC(CC(C4)C2)C3)cc1. The molecule has 11 rings (SSSR count). The highest BCUT2D eigenvalue weighted by molar-refractivity contribution is 5.84. The summed E-state index contributed by atoms with van der Waals surface area (Å²) in [6, 6.07) is 21.4. The molecule has 8 aliphatic carbocycles. The normalized spacial score (nSPS) is 38.4. The molecule has 8 aliphatic rings. The summed E-state index contributed by atoms with van der Waals surface area (Å²) < 4.78 is 2.42. The quantitative estimate of drug-likeness (QED) is 0.286. The van der Waals surface area contributed by atoms with Gasteiger partial charge in [0.2, 0.25) is 0 Å². The van der Waals surface area contributed by atoms with Crippen LogP contribution in [0.25, 0.3) is 5.69 Å². The Balaban J connectivity index is 0.938. The predicted octanol–water partition coefficient (Wildman–Crippen LogP) is 9.78. The lowest BCUT2D eigenvalue weighted by molar-refractivity contribution is -0.00530. The summed E-state index contributed by atoms with van der Waals surface area (Å²) in [5.74, 6) is 5.94. The van der Waals surface area contributed by atoms with Gasteiger partial charge < -0.3 is 4.57 Å². The number of hydrogen-bond acceptors (Lipinski definition) is 1. The minimum absolute atomic E-state index is 0.465. The Kier molecular flexibility index (Phi) is 5.44. The molecule has 2 nitrogen and oxygen atoms in total. The number of aliphatic imine (C=N–C) groups is 1. The number of rotatable bonds is 5. The van der Waals surface area contributed by atoms with Gasteiger partial charge in [-0.15, -0.1) is 0 Å². The van der Waals surface area contributed by atoms with Crippen LogP contribution in [-0.2, 0) is 10.8 Å². The second kappa shape index (κ2) is 8.95. The van der Waals surface area contributed by atoms with Crippen molar-refractivity contribution in [3.63, 3.8) is 0 Å². The Bertz CT molecular complexity index is 1430. The Hall–Kier alpha value is -2.61. The molecule has 212 valence electrons. The summed E-state index contributed by atoms with van der Waals surface area (Å²) in [7, 11) is 0. The topological polar surface area (TPSA) is 17.3 Å². The van der Waals surface area contributed by atoms with Gasteiger partial charge in [-0.05, 0) is 179 Å². The van der Waals surface area contributed by atoms with Gasteiger partial charge in [-0.2, -0.15) is 0 Å². The first kappa shape index (κ1) is 24.9. The molecule has 1 aromatic heterocycles. The maximum absolute atomic E-state index is 4.95. The van der Waals surface area contributed by atoms with Crippen LogP contribution in [0.4, 0.5) is 5.69 Å². The van der Waals surface area contributed by atoms with Crippen LogP contribution in [0.2, 0.25) is 0 Å². The van der Waals surface area contributed by atoms with Gasteiger partial charge >= 0.3 is 0 Å². The van der Waals surface area contributed by atoms with Crippen molar-refractivity contribution < 1.29 is 0 Å². The average molecular weight is 543 g/mol. The highest BCUT2D eigenvalue weighted by atomic mass is 15.0. The van der Waals surface area contributed by atoms with E-state index in [4.69, 9.17) is 4.99 Å². The van der Waals surface area contributed by atoms with Crippen molar-refractivity contribution in [3.8, 4) is 5.69 Å². The largest absolute Gasteiger partial charge is 0.318 e. The van der Waals surface area contributed by atoms with Gasteiger partial charge in [0.25, 0.3) is 0 Å². The van der Waals surface area contributed by atoms with Gasteiger partial charge in [0.05, 0.1) is 5.69 Å². The van der Waals surface area contributed by atoms with Crippen molar-refractivity contribution in [2.45, 2.75) is 102 Å². The third kappa shape index (κ3) is 3.99. The third-order valence-corrected chi connectivity index (χ3v) is 13.1. The summed E-state index contributed by atoms with van der Waals surface area (Å²) in [6.45, 7) is 4.48. The monoisotopic (exact) mass is 542 g/mol. The molecule has 2 aromatic carbocycles. The minimum Gasteiger partial charge on any atom is -0.318 e. The van der Waals surface area contributed by atoms with Gasteiger partial charge in [-0.1, -0.05) is 24.3 Å². The van der Waals surface area contributed by atoms with Crippen LogP contribution in [0.15, 0.2) is 59.6 Å². The van der Waals surface area contributed by atoms with E-state index in [1.807, 2.05) is 0 Å². The molecule has 1 heterocycles. The third-order valence-electron chi connectivity index (χ3n) is 13.1. The Morgan fingerprint density at radius 1 is 0.610 bits per heavy atom. The molecule has 3 aromatic rings. The zero-order chi connectivity index (χ0) is 27.3. The second-order valence-corrected chi connectivity index (χ2v) is 15.9. The van der Waals surface area contributed by atoms with Crippen LogP contribution in [0.3, 0.4) is 0 Å². The zero-order valence-electron chi connectivity index (χ0n) is 25.1. The molecule has 0 unspecified atom stereocenters. The smallest absolute Gasteiger partial charge is 0.0630 e. The van der Waals surface area contributed by atoms with Crippen molar-refractivity contribution in [1.29, 1.82) is 0 Å². The fraction of sp³-hybridized carbons (Fsp3) is 0.564. The van der Waals surface area contributed by atoms with E-state index >= 15 is 0 Å². The number of aromatic nitrogens is 1. The molecule has 0 radical (unpaired) electrons. The zero-order valence-corrected chi connectivity index (χ0v) is 25.1. The second-order valence-electron chi connectivity index (χ2n) is 15.9. The number of aryl methyl sites for hydroxylation is 1. The Morgan fingerprint density at radius 3 is 1.46 bits per heavy atom. The highest BCUT2D eigenvalue weighted by Crippen LogP contribution is 2.62. The highest BCUT2D eigenvalue weighted by Gasteiger charge is 2.52. The summed E-state index contributed by atoms with van der Waals surface area (Å²) in [6.07, 6.45) is 19.7. The van der Waals surface area contributed by atoms with Gasteiger partial charge in [0.15, 0.2) is 0 Å². The molecule has 0 spiro atoms. The van der Waals surface area contributed by atoms with Crippen molar-refractivity contribution >= 4 is 11.9 Å². The molecule has 0 amide bonds. The van der Waals surface area contributed by atoms with Crippen LogP contribution in [0.1, 0.15) is 105 Å². The Labute approximate surface area is 246 Å². The van der Waals surface area contributed by atoms with Crippen molar-refractivity contribution in [2.75, 3.05) is 0 Å². The summed E-state index contributed by atoms with van der Waals surface area (Å²) in [4.78, 5) is 4.95. The fourth-order valence-electron chi connectivity index (χ4n) is 12.3. The molecule has 2 heteroatoms. The van der Waals surface area contributed by atoms with Gasteiger partial charge in [0.1, 0.15) is 0 Å². The average Bonchev–Trinajstić information content (AvgIpc) is 3.23. The summed E-state index contributed by atoms with van der Waals surface area (Å²) >= 11 is 0. The number of benzene rings is 2. The molecule has 8 fully saturated rings. The summed E-state index contributed by atoms with van der Waals surface area (Å²) in [5.41, 5.74) is 10.3. The minimum atomic E-state index is 0.465. The maximum Gasteiger partial charge on any atom is 0.0630 e. The van der Waals surface area contributed by atoms with Gasteiger partial charge in [0, 0.05) is 28.9 Å². The number of hydrogen-bond donors (Lipinski definition) is 0. The predicted molar refractivity (Wildman–Crippen MR) is 169 cm³/mol.